The van der Waals surface area contributed by atoms with Crippen molar-refractivity contribution < 1.29 is 0 Å². The van der Waals surface area contributed by atoms with Gasteiger partial charge in [-0.2, -0.15) is 0 Å². The highest BCUT2D eigenvalue weighted by molar-refractivity contribution is 7.71. The molecule has 19 heavy (non-hydrogen) atoms. The zero-order chi connectivity index (χ0) is 14.0. The number of nitrogens with one attached hydrogen (secondary N) is 2. The van der Waals surface area contributed by atoms with Crippen LogP contribution in [0.1, 0.15) is 12.5 Å². The molecule has 0 radical (unpaired) electrons. The van der Waals surface area contributed by atoms with Gasteiger partial charge < -0.3 is 16.0 Å². The fraction of sp³-hybridized carbons (Fsp3) is 0.167. The van der Waals surface area contributed by atoms with Gasteiger partial charge in [0.15, 0.2) is 5.95 Å². The Morgan fingerprint density at radius 2 is 2.11 bits per heavy atom. The highest BCUT2D eigenvalue weighted by atomic mass is 35.5. The van der Waals surface area contributed by atoms with Gasteiger partial charge in [0.25, 0.3) is 0 Å². The van der Waals surface area contributed by atoms with E-state index in [1.807, 2.05) is 13.0 Å². The Kier molecular flexibility index (Phi) is 4.29. The number of nitrogens with zero attached hydrogens (tertiary/aromatic N) is 1. The summed E-state index contributed by atoms with van der Waals surface area (Å²) in [5, 5.41) is 4.17. The van der Waals surface area contributed by atoms with Crippen LogP contribution in [0.4, 0.5) is 17.5 Å². The zero-order valence-corrected chi connectivity index (χ0v) is 12.5. The number of aromatic nitrogens is 2. The largest absolute Gasteiger partial charge is 0.369 e. The molecule has 1 aromatic heterocycles. The van der Waals surface area contributed by atoms with Crippen LogP contribution in [-0.2, 0) is 6.42 Å². The molecule has 1 aromatic carbocycles. The maximum absolute atomic E-state index is 5.98. The maximum atomic E-state index is 5.98. The van der Waals surface area contributed by atoms with Crippen LogP contribution >= 0.6 is 35.4 Å². The fourth-order valence-corrected chi connectivity index (χ4v) is 2.31. The second-order valence-corrected chi connectivity index (χ2v) is 5.09. The van der Waals surface area contributed by atoms with Crippen molar-refractivity contribution in [1.29, 1.82) is 0 Å². The van der Waals surface area contributed by atoms with E-state index in [-0.39, 0.29) is 5.95 Å². The van der Waals surface area contributed by atoms with Crippen molar-refractivity contribution in [2.24, 2.45) is 0 Å². The molecule has 0 aliphatic rings. The van der Waals surface area contributed by atoms with Gasteiger partial charge in [-0.05, 0) is 24.6 Å². The Morgan fingerprint density at radius 3 is 2.74 bits per heavy atom. The first kappa shape index (κ1) is 14.1. The van der Waals surface area contributed by atoms with Gasteiger partial charge in [-0.3, -0.25) is 0 Å². The van der Waals surface area contributed by atoms with Crippen LogP contribution in [0.25, 0.3) is 0 Å². The van der Waals surface area contributed by atoms with Crippen molar-refractivity contribution in [1.82, 2.24) is 9.97 Å². The lowest BCUT2D eigenvalue weighted by atomic mass is 10.2. The summed E-state index contributed by atoms with van der Waals surface area (Å²) in [5.41, 5.74) is 7.36. The Morgan fingerprint density at radius 1 is 1.37 bits per heavy atom. The van der Waals surface area contributed by atoms with Crippen LogP contribution in [0.15, 0.2) is 18.2 Å². The van der Waals surface area contributed by atoms with Crippen LogP contribution in [-0.4, -0.2) is 9.97 Å². The molecule has 1 heterocycles. The van der Waals surface area contributed by atoms with Crippen LogP contribution in [0, 0.1) is 4.64 Å². The number of H-pyrrole nitrogens is 1. The summed E-state index contributed by atoms with van der Waals surface area (Å²) >= 11 is 17.0. The quantitative estimate of drug-likeness (QED) is 0.737. The highest BCUT2D eigenvalue weighted by Crippen LogP contribution is 2.27. The number of halogens is 2. The van der Waals surface area contributed by atoms with Crippen molar-refractivity contribution in [3.63, 3.8) is 0 Å². The molecular weight excluding hydrogens is 303 g/mol. The molecule has 0 aliphatic carbocycles. The molecule has 4 N–H and O–H groups in total. The van der Waals surface area contributed by atoms with Crippen molar-refractivity contribution in [3.8, 4) is 0 Å². The zero-order valence-electron chi connectivity index (χ0n) is 10.1. The van der Waals surface area contributed by atoms with Gasteiger partial charge in [0.05, 0.1) is 10.0 Å². The van der Waals surface area contributed by atoms with Crippen molar-refractivity contribution in [2.45, 2.75) is 13.3 Å². The summed E-state index contributed by atoms with van der Waals surface area (Å²) in [4.78, 5) is 6.99. The molecule has 7 heteroatoms. The van der Waals surface area contributed by atoms with Gasteiger partial charge in [-0.1, -0.05) is 42.3 Å². The first-order valence-electron chi connectivity index (χ1n) is 5.62. The number of benzene rings is 1. The first-order chi connectivity index (χ1) is 9.01. The third-order valence-electron chi connectivity index (χ3n) is 2.58. The Balaban J connectivity index is 2.42. The lowest BCUT2D eigenvalue weighted by Gasteiger charge is -2.12. The number of rotatable bonds is 3. The smallest absolute Gasteiger partial charge is 0.200 e. The third kappa shape index (κ3) is 3.18. The van der Waals surface area contributed by atoms with Gasteiger partial charge in [-0.15, -0.1) is 0 Å². The lowest BCUT2D eigenvalue weighted by Crippen LogP contribution is -2.05. The Bertz CT molecular complexity index is 669. The van der Waals surface area contributed by atoms with E-state index < -0.39 is 0 Å². The lowest BCUT2D eigenvalue weighted by molar-refractivity contribution is 1.04. The van der Waals surface area contributed by atoms with Crippen molar-refractivity contribution in [3.05, 3.63) is 38.4 Å². The van der Waals surface area contributed by atoms with Crippen LogP contribution in [0.2, 0.25) is 10.0 Å². The minimum Gasteiger partial charge on any atom is -0.369 e. The van der Waals surface area contributed by atoms with Crippen molar-refractivity contribution in [2.75, 3.05) is 11.1 Å². The normalized spacial score (nSPS) is 10.5. The number of hydrogen-bond donors (Lipinski definition) is 3. The molecule has 100 valence electrons. The number of nitrogens with two attached hydrogens (primary N) is 1. The molecular formula is C12H12Cl2N4S. The van der Waals surface area contributed by atoms with Crippen LogP contribution in [0.5, 0.6) is 0 Å². The van der Waals surface area contributed by atoms with Gasteiger partial charge in [0.2, 0.25) is 0 Å². The SMILES string of the molecule is CCc1c(Nc2ccc(Cl)c(Cl)c2)[nH]c(N)nc1=S. The van der Waals surface area contributed by atoms with E-state index in [0.717, 1.165) is 23.5 Å². The molecule has 0 aliphatic heterocycles. The number of anilines is 3. The second kappa shape index (κ2) is 5.77. The van der Waals surface area contributed by atoms with E-state index in [2.05, 4.69) is 15.3 Å². The van der Waals surface area contributed by atoms with E-state index in [1.165, 1.54) is 0 Å². The van der Waals surface area contributed by atoms with Gasteiger partial charge in [-0.25, -0.2) is 4.98 Å². The van der Waals surface area contributed by atoms with E-state index in [1.54, 1.807) is 12.1 Å². The van der Waals surface area contributed by atoms with E-state index in [4.69, 9.17) is 41.2 Å². The molecule has 4 nitrogen and oxygen atoms in total. The highest BCUT2D eigenvalue weighted by Gasteiger charge is 2.07. The molecule has 0 unspecified atom stereocenters. The number of nitrogen functional groups attached to an aromatic ring is 1. The third-order valence-corrected chi connectivity index (χ3v) is 3.65. The first-order valence-corrected chi connectivity index (χ1v) is 6.78. The molecule has 2 rings (SSSR count). The average Bonchev–Trinajstić information content (AvgIpc) is 2.33. The van der Waals surface area contributed by atoms with E-state index >= 15 is 0 Å². The summed E-state index contributed by atoms with van der Waals surface area (Å²) in [6.07, 6.45) is 0.742. The average molecular weight is 315 g/mol. The molecule has 0 fully saturated rings. The standard InChI is InChI=1S/C12H12Cl2N4S/c1-2-7-10(17-12(15)18-11(7)19)16-6-3-4-8(13)9(14)5-6/h3-5H,2H2,1H3,(H4,15,16,17,18,19). The fourth-order valence-electron chi connectivity index (χ4n) is 1.67. The predicted octanol–water partition coefficient (Wildman–Crippen LogP) is 4.33. The van der Waals surface area contributed by atoms with Crippen molar-refractivity contribution >= 4 is 52.9 Å². The van der Waals surface area contributed by atoms with E-state index in [0.29, 0.717) is 14.7 Å². The van der Waals surface area contributed by atoms with Crippen LogP contribution < -0.4 is 11.1 Å². The summed E-state index contributed by atoms with van der Waals surface area (Å²) in [7, 11) is 0. The second-order valence-electron chi connectivity index (χ2n) is 3.89. The van der Waals surface area contributed by atoms with Gasteiger partial charge in [0, 0.05) is 11.3 Å². The minimum absolute atomic E-state index is 0.268. The van der Waals surface area contributed by atoms with Gasteiger partial charge in [0.1, 0.15) is 10.5 Å². The van der Waals surface area contributed by atoms with E-state index in [9.17, 15) is 0 Å². The van der Waals surface area contributed by atoms with Crippen LogP contribution in [0.3, 0.4) is 0 Å². The minimum atomic E-state index is 0.268. The Hall–Kier alpha value is -1.30. The maximum Gasteiger partial charge on any atom is 0.200 e. The summed E-state index contributed by atoms with van der Waals surface area (Å²) in [6, 6.07) is 5.27. The predicted molar refractivity (Wildman–Crippen MR) is 83.0 cm³/mol. The summed E-state index contributed by atoms with van der Waals surface area (Å²) in [5.74, 6) is 0.989. The Labute approximate surface area is 126 Å². The molecule has 0 spiro atoms. The molecule has 0 saturated carbocycles. The summed E-state index contributed by atoms with van der Waals surface area (Å²) in [6.45, 7) is 2.00. The number of aromatic amines is 1. The number of hydrogen-bond acceptors (Lipinski definition) is 4. The molecule has 0 saturated heterocycles. The molecule has 0 bridgehead atoms. The summed E-state index contributed by atoms with van der Waals surface area (Å²) < 4.78 is 0.487. The molecule has 2 aromatic rings. The molecule has 0 atom stereocenters. The molecule has 0 amide bonds. The van der Waals surface area contributed by atoms with Gasteiger partial charge >= 0.3 is 0 Å². The monoisotopic (exact) mass is 314 g/mol. The topological polar surface area (TPSA) is 66.7 Å².